The minimum atomic E-state index is -0.184. The first-order valence-corrected chi connectivity index (χ1v) is 6.11. The number of rotatable bonds is 3. The number of carbonyl (C=O) groups excluding carboxylic acids is 1. The van der Waals surface area contributed by atoms with Crippen LogP contribution >= 0.6 is 11.6 Å². The molecule has 1 unspecified atom stereocenters. The van der Waals surface area contributed by atoms with E-state index in [0.29, 0.717) is 10.9 Å². The first-order valence-electron chi connectivity index (χ1n) is 5.74. The van der Waals surface area contributed by atoms with E-state index >= 15 is 0 Å². The third-order valence-electron chi connectivity index (χ3n) is 2.80. The fourth-order valence-corrected chi connectivity index (χ4v) is 1.53. The molecule has 2 amide bonds. The zero-order valence-corrected chi connectivity index (χ0v) is 11.4. The summed E-state index contributed by atoms with van der Waals surface area (Å²) in [5.74, 6) is 0.409. The molecule has 1 atom stereocenters. The van der Waals surface area contributed by atoms with Crippen molar-refractivity contribution in [3.05, 3.63) is 28.8 Å². The van der Waals surface area contributed by atoms with Crippen LogP contribution in [0.5, 0.6) is 0 Å². The smallest absolute Gasteiger partial charge is 0.319 e. The minimum absolute atomic E-state index is 0.141. The van der Waals surface area contributed by atoms with Gasteiger partial charge in [-0.25, -0.2) is 4.79 Å². The van der Waals surface area contributed by atoms with Crippen molar-refractivity contribution in [3.63, 3.8) is 0 Å². The van der Waals surface area contributed by atoms with Gasteiger partial charge in [0.2, 0.25) is 0 Å². The third-order valence-corrected chi connectivity index (χ3v) is 3.03. The van der Waals surface area contributed by atoms with Crippen molar-refractivity contribution >= 4 is 23.3 Å². The number of urea groups is 1. The molecule has 1 aromatic carbocycles. The molecule has 0 saturated carbocycles. The highest BCUT2D eigenvalue weighted by Gasteiger charge is 2.11. The van der Waals surface area contributed by atoms with Crippen LogP contribution in [0.2, 0.25) is 5.02 Å². The van der Waals surface area contributed by atoms with E-state index in [1.165, 1.54) is 0 Å². The third kappa shape index (κ3) is 4.27. The van der Waals surface area contributed by atoms with Crippen LogP contribution in [-0.4, -0.2) is 12.1 Å². The van der Waals surface area contributed by atoms with Gasteiger partial charge in [-0.15, -0.1) is 0 Å². The second-order valence-electron chi connectivity index (χ2n) is 4.59. The van der Waals surface area contributed by atoms with Crippen molar-refractivity contribution in [2.24, 2.45) is 5.92 Å². The summed E-state index contributed by atoms with van der Waals surface area (Å²) in [4.78, 5) is 11.7. The standard InChI is InChI=1S/C13H19ClN2O/c1-8(2)10(4)15-13(17)16-12-6-5-11(14)7-9(12)3/h5-8,10H,1-4H3,(H2,15,16,17). The van der Waals surface area contributed by atoms with E-state index in [-0.39, 0.29) is 12.1 Å². The number of hydrogen-bond donors (Lipinski definition) is 2. The Hall–Kier alpha value is -1.22. The highest BCUT2D eigenvalue weighted by molar-refractivity contribution is 6.30. The molecule has 4 heteroatoms. The molecule has 0 heterocycles. The van der Waals surface area contributed by atoms with Gasteiger partial charge >= 0.3 is 6.03 Å². The predicted molar refractivity (Wildman–Crippen MR) is 72.6 cm³/mol. The van der Waals surface area contributed by atoms with E-state index in [2.05, 4.69) is 24.5 Å². The number of benzene rings is 1. The topological polar surface area (TPSA) is 41.1 Å². The van der Waals surface area contributed by atoms with Crippen LogP contribution in [0.1, 0.15) is 26.3 Å². The van der Waals surface area contributed by atoms with E-state index in [1.807, 2.05) is 19.9 Å². The van der Waals surface area contributed by atoms with Crippen molar-refractivity contribution in [2.45, 2.75) is 33.7 Å². The molecule has 0 aliphatic rings. The van der Waals surface area contributed by atoms with Gasteiger partial charge in [-0.3, -0.25) is 0 Å². The lowest BCUT2D eigenvalue weighted by Crippen LogP contribution is -2.39. The predicted octanol–water partition coefficient (Wildman–Crippen LogP) is 3.81. The molecule has 0 radical (unpaired) electrons. The van der Waals surface area contributed by atoms with Gasteiger partial charge in [-0.1, -0.05) is 25.4 Å². The Morgan fingerprint density at radius 2 is 1.94 bits per heavy atom. The Morgan fingerprint density at radius 3 is 2.47 bits per heavy atom. The summed E-state index contributed by atoms with van der Waals surface area (Å²) in [6.45, 7) is 8.03. The van der Waals surface area contributed by atoms with Crippen LogP contribution in [0, 0.1) is 12.8 Å². The Balaban J connectivity index is 2.62. The molecule has 0 aromatic heterocycles. The van der Waals surface area contributed by atoms with Gasteiger partial charge in [0.15, 0.2) is 0 Å². The second-order valence-corrected chi connectivity index (χ2v) is 5.03. The van der Waals surface area contributed by atoms with E-state index in [0.717, 1.165) is 11.3 Å². The number of carbonyl (C=O) groups is 1. The lowest BCUT2D eigenvalue weighted by molar-refractivity contribution is 0.246. The normalized spacial score (nSPS) is 12.4. The molecule has 0 saturated heterocycles. The maximum Gasteiger partial charge on any atom is 0.319 e. The van der Waals surface area contributed by atoms with Crippen LogP contribution < -0.4 is 10.6 Å². The highest BCUT2D eigenvalue weighted by atomic mass is 35.5. The number of hydrogen-bond acceptors (Lipinski definition) is 1. The number of amides is 2. The number of aryl methyl sites for hydroxylation is 1. The molecule has 0 spiro atoms. The molecule has 1 rings (SSSR count). The number of anilines is 1. The lowest BCUT2D eigenvalue weighted by Gasteiger charge is -2.18. The van der Waals surface area contributed by atoms with Gasteiger partial charge in [-0.05, 0) is 43.5 Å². The van der Waals surface area contributed by atoms with Crippen LogP contribution in [0.25, 0.3) is 0 Å². The van der Waals surface area contributed by atoms with E-state index in [9.17, 15) is 4.79 Å². The molecule has 2 N–H and O–H groups in total. The molecular formula is C13H19ClN2O. The number of halogens is 1. The Bertz CT molecular complexity index is 404. The van der Waals surface area contributed by atoms with Gasteiger partial charge < -0.3 is 10.6 Å². The fourth-order valence-electron chi connectivity index (χ4n) is 1.30. The molecule has 0 bridgehead atoms. The van der Waals surface area contributed by atoms with Crippen molar-refractivity contribution in [3.8, 4) is 0 Å². The van der Waals surface area contributed by atoms with Gasteiger partial charge in [0.25, 0.3) is 0 Å². The Kier molecular flexibility index (Phi) is 4.82. The summed E-state index contributed by atoms with van der Waals surface area (Å²) in [7, 11) is 0. The Morgan fingerprint density at radius 1 is 1.29 bits per heavy atom. The summed E-state index contributed by atoms with van der Waals surface area (Å²) < 4.78 is 0. The fraction of sp³-hybridized carbons (Fsp3) is 0.462. The zero-order chi connectivity index (χ0) is 13.0. The molecule has 1 aromatic rings. The number of nitrogens with one attached hydrogen (secondary N) is 2. The molecule has 0 aliphatic heterocycles. The molecule has 0 fully saturated rings. The zero-order valence-electron chi connectivity index (χ0n) is 10.7. The average Bonchev–Trinajstić information content (AvgIpc) is 2.22. The second kappa shape index (κ2) is 5.92. The van der Waals surface area contributed by atoms with Crippen molar-refractivity contribution in [2.75, 3.05) is 5.32 Å². The van der Waals surface area contributed by atoms with E-state index in [4.69, 9.17) is 11.6 Å². The summed E-state index contributed by atoms with van der Waals surface area (Å²) >= 11 is 5.85. The SMILES string of the molecule is Cc1cc(Cl)ccc1NC(=O)NC(C)C(C)C. The molecule has 3 nitrogen and oxygen atoms in total. The lowest BCUT2D eigenvalue weighted by atomic mass is 10.1. The van der Waals surface area contributed by atoms with Crippen molar-refractivity contribution in [1.82, 2.24) is 5.32 Å². The quantitative estimate of drug-likeness (QED) is 0.846. The molecule has 0 aliphatic carbocycles. The minimum Gasteiger partial charge on any atom is -0.335 e. The summed E-state index contributed by atoms with van der Waals surface area (Å²) in [6, 6.07) is 5.34. The van der Waals surface area contributed by atoms with Crippen LogP contribution in [0.15, 0.2) is 18.2 Å². The highest BCUT2D eigenvalue weighted by Crippen LogP contribution is 2.19. The molecular weight excluding hydrogens is 236 g/mol. The summed E-state index contributed by atoms with van der Waals surface area (Å²) in [6.07, 6.45) is 0. The maximum atomic E-state index is 11.7. The first kappa shape index (κ1) is 13.8. The molecule has 94 valence electrons. The van der Waals surface area contributed by atoms with Crippen molar-refractivity contribution < 1.29 is 4.79 Å². The van der Waals surface area contributed by atoms with Crippen LogP contribution in [-0.2, 0) is 0 Å². The first-order chi connectivity index (χ1) is 7.90. The monoisotopic (exact) mass is 254 g/mol. The Labute approximate surface area is 108 Å². The van der Waals surface area contributed by atoms with E-state index in [1.54, 1.807) is 12.1 Å². The largest absolute Gasteiger partial charge is 0.335 e. The van der Waals surface area contributed by atoms with Crippen LogP contribution in [0.3, 0.4) is 0 Å². The van der Waals surface area contributed by atoms with Gasteiger partial charge in [0.05, 0.1) is 0 Å². The van der Waals surface area contributed by atoms with Crippen molar-refractivity contribution in [1.29, 1.82) is 0 Å². The van der Waals surface area contributed by atoms with Crippen LogP contribution in [0.4, 0.5) is 10.5 Å². The maximum absolute atomic E-state index is 11.7. The summed E-state index contributed by atoms with van der Waals surface area (Å²) in [5, 5.41) is 6.37. The van der Waals surface area contributed by atoms with Gasteiger partial charge in [0, 0.05) is 16.8 Å². The van der Waals surface area contributed by atoms with Gasteiger partial charge in [-0.2, -0.15) is 0 Å². The van der Waals surface area contributed by atoms with Gasteiger partial charge in [0.1, 0.15) is 0 Å². The average molecular weight is 255 g/mol. The summed E-state index contributed by atoms with van der Waals surface area (Å²) in [5.41, 5.74) is 1.73. The molecule has 17 heavy (non-hydrogen) atoms. The van der Waals surface area contributed by atoms with E-state index < -0.39 is 0 Å².